The van der Waals surface area contributed by atoms with Crippen LogP contribution in [0.15, 0.2) is 22.7 Å². The van der Waals surface area contributed by atoms with E-state index in [4.69, 9.17) is 9.47 Å². The second-order valence-electron chi connectivity index (χ2n) is 5.22. The molecular weight excluding hydrogens is 318 g/mol. The highest BCUT2D eigenvalue weighted by Crippen LogP contribution is 2.34. The summed E-state index contributed by atoms with van der Waals surface area (Å²) in [7, 11) is 1.73. The van der Waals surface area contributed by atoms with Crippen molar-refractivity contribution in [3.05, 3.63) is 28.2 Å². The molecule has 1 aliphatic heterocycles. The van der Waals surface area contributed by atoms with Crippen LogP contribution in [0.3, 0.4) is 0 Å². The van der Waals surface area contributed by atoms with Gasteiger partial charge in [-0.05, 0) is 50.4 Å². The van der Waals surface area contributed by atoms with Crippen molar-refractivity contribution < 1.29 is 9.47 Å². The third kappa shape index (κ3) is 3.96. The van der Waals surface area contributed by atoms with E-state index in [0.717, 1.165) is 36.2 Å². The SMILES string of the molecule is CCCNC(c1cc(Br)ccc1OC)C1CCCCO1. The first-order chi connectivity index (χ1) is 9.76. The van der Waals surface area contributed by atoms with Crippen LogP contribution in [0.5, 0.6) is 5.75 Å². The Morgan fingerprint density at radius 2 is 2.30 bits per heavy atom. The topological polar surface area (TPSA) is 30.5 Å². The van der Waals surface area contributed by atoms with E-state index in [1.807, 2.05) is 12.1 Å². The molecule has 0 saturated carbocycles. The van der Waals surface area contributed by atoms with Crippen molar-refractivity contribution in [3.8, 4) is 5.75 Å². The van der Waals surface area contributed by atoms with Gasteiger partial charge in [0.1, 0.15) is 5.75 Å². The third-order valence-corrected chi connectivity index (χ3v) is 4.22. The molecule has 0 aromatic heterocycles. The number of benzene rings is 1. The zero-order valence-corrected chi connectivity index (χ0v) is 13.9. The van der Waals surface area contributed by atoms with Crippen LogP contribution in [0.25, 0.3) is 0 Å². The molecule has 0 amide bonds. The first-order valence-corrected chi connectivity index (χ1v) is 8.24. The second kappa shape index (κ2) is 8.01. The van der Waals surface area contributed by atoms with Gasteiger partial charge >= 0.3 is 0 Å². The fourth-order valence-electron chi connectivity index (χ4n) is 2.72. The van der Waals surface area contributed by atoms with Crippen molar-refractivity contribution in [2.24, 2.45) is 0 Å². The van der Waals surface area contributed by atoms with Crippen molar-refractivity contribution in [2.75, 3.05) is 20.3 Å². The van der Waals surface area contributed by atoms with E-state index in [0.29, 0.717) is 0 Å². The Bertz CT molecular complexity index is 419. The summed E-state index contributed by atoms with van der Waals surface area (Å²) in [6.07, 6.45) is 4.87. The molecular formula is C16H24BrNO2. The summed E-state index contributed by atoms with van der Waals surface area (Å²) in [6.45, 7) is 4.04. The fourth-order valence-corrected chi connectivity index (χ4v) is 3.10. The van der Waals surface area contributed by atoms with E-state index in [1.165, 1.54) is 18.4 Å². The second-order valence-corrected chi connectivity index (χ2v) is 6.14. The van der Waals surface area contributed by atoms with Crippen molar-refractivity contribution in [1.82, 2.24) is 5.32 Å². The van der Waals surface area contributed by atoms with Crippen LogP contribution >= 0.6 is 15.9 Å². The van der Waals surface area contributed by atoms with Crippen molar-refractivity contribution in [2.45, 2.75) is 44.8 Å². The largest absolute Gasteiger partial charge is 0.496 e. The van der Waals surface area contributed by atoms with Crippen LogP contribution in [-0.2, 0) is 4.74 Å². The molecule has 112 valence electrons. The molecule has 2 rings (SSSR count). The Morgan fingerprint density at radius 3 is 2.95 bits per heavy atom. The number of hydrogen-bond donors (Lipinski definition) is 1. The van der Waals surface area contributed by atoms with Crippen LogP contribution in [-0.4, -0.2) is 26.4 Å². The lowest BCUT2D eigenvalue weighted by Crippen LogP contribution is -2.36. The minimum Gasteiger partial charge on any atom is -0.496 e. The van der Waals surface area contributed by atoms with Crippen LogP contribution in [0, 0.1) is 0 Å². The molecule has 1 N–H and O–H groups in total. The first-order valence-electron chi connectivity index (χ1n) is 7.44. The van der Waals surface area contributed by atoms with Gasteiger partial charge in [0, 0.05) is 16.6 Å². The monoisotopic (exact) mass is 341 g/mol. The van der Waals surface area contributed by atoms with Gasteiger partial charge in [-0.1, -0.05) is 22.9 Å². The average Bonchev–Trinajstić information content (AvgIpc) is 2.49. The van der Waals surface area contributed by atoms with E-state index in [1.54, 1.807) is 7.11 Å². The summed E-state index contributed by atoms with van der Waals surface area (Å²) in [5.74, 6) is 0.927. The van der Waals surface area contributed by atoms with Crippen molar-refractivity contribution in [3.63, 3.8) is 0 Å². The zero-order chi connectivity index (χ0) is 14.4. The highest BCUT2D eigenvalue weighted by Gasteiger charge is 2.27. The quantitative estimate of drug-likeness (QED) is 0.845. The molecule has 2 unspecified atom stereocenters. The lowest BCUT2D eigenvalue weighted by atomic mass is 9.95. The predicted octanol–water partition coefficient (Wildman–Crippen LogP) is 4.07. The lowest BCUT2D eigenvalue weighted by Gasteiger charge is -2.32. The maximum Gasteiger partial charge on any atom is 0.123 e. The minimum atomic E-state index is 0.197. The summed E-state index contributed by atoms with van der Waals surface area (Å²) in [5, 5.41) is 3.63. The van der Waals surface area contributed by atoms with Crippen LogP contribution in [0.1, 0.15) is 44.2 Å². The van der Waals surface area contributed by atoms with E-state index in [2.05, 4.69) is 34.2 Å². The van der Waals surface area contributed by atoms with Gasteiger partial charge in [-0.3, -0.25) is 0 Å². The van der Waals surface area contributed by atoms with Gasteiger partial charge in [0.05, 0.1) is 19.3 Å². The molecule has 3 nitrogen and oxygen atoms in total. The van der Waals surface area contributed by atoms with Gasteiger partial charge in [0.15, 0.2) is 0 Å². The summed E-state index contributed by atoms with van der Waals surface area (Å²) in [5.41, 5.74) is 1.18. The molecule has 1 saturated heterocycles. The Balaban J connectivity index is 2.26. The number of nitrogens with one attached hydrogen (secondary N) is 1. The molecule has 20 heavy (non-hydrogen) atoms. The highest BCUT2D eigenvalue weighted by atomic mass is 79.9. The Morgan fingerprint density at radius 1 is 1.45 bits per heavy atom. The first kappa shape index (κ1) is 15.8. The van der Waals surface area contributed by atoms with Gasteiger partial charge in [-0.2, -0.15) is 0 Å². The van der Waals surface area contributed by atoms with Gasteiger partial charge in [0.25, 0.3) is 0 Å². The molecule has 1 aliphatic rings. The number of halogens is 1. The van der Waals surface area contributed by atoms with Gasteiger partial charge in [0.2, 0.25) is 0 Å². The van der Waals surface area contributed by atoms with E-state index >= 15 is 0 Å². The molecule has 4 heteroatoms. The molecule has 1 fully saturated rings. The molecule has 0 aliphatic carbocycles. The van der Waals surface area contributed by atoms with E-state index < -0.39 is 0 Å². The van der Waals surface area contributed by atoms with Crippen LogP contribution in [0.4, 0.5) is 0 Å². The maximum absolute atomic E-state index is 6.00. The summed E-state index contributed by atoms with van der Waals surface area (Å²) >= 11 is 3.56. The number of rotatable bonds is 6. The fraction of sp³-hybridized carbons (Fsp3) is 0.625. The summed E-state index contributed by atoms with van der Waals surface area (Å²) in [6, 6.07) is 6.37. The number of ether oxygens (including phenoxy) is 2. The molecule has 1 aromatic carbocycles. The molecule has 0 radical (unpaired) electrons. The number of methoxy groups -OCH3 is 1. The average molecular weight is 342 g/mol. The molecule has 0 spiro atoms. The number of hydrogen-bond acceptors (Lipinski definition) is 3. The maximum atomic E-state index is 6.00. The van der Waals surface area contributed by atoms with Crippen LogP contribution < -0.4 is 10.1 Å². The Kier molecular flexibility index (Phi) is 6.33. The molecule has 1 aromatic rings. The van der Waals surface area contributed by atoms with Crippen molar-refractivity contribution in [1.29, 1.82) is 0 Å². The third-order valence-electron chi connectivity index (χ3n) is 3.73. The standard InChI is InChI=1S/C16H24BrNO2/c1-3-9-18-16(15-6-4-5-10-20-15)13-11-12(17)7-8-14(13)19-2/h7-8,11,15-16,18H,3-6,9-10H2,1-2H3. The molecule has 2 atom stereocenters. The molecule has 0 bridgehead atoms. The minimum absolute atomic E-state index is 0.197. The Hall–Kier alpha value is -0.580. The van der Waals surface area contributed by atoms with Crippen molar-refractivity contribution >= 4 is 15.9 Å². The van der Waals surface area contributed by atoms with E-state index in [-0.39, 0.29) is 12.1 Å². The van der Waals surface area contributed by atoms with E-state index in [9.17, 15) is 0 Å². The zero-order valence-electron chi connectivity index (χ0n) is 12.3. The highest BCUT2D eigenvalue weighted by molar-refractivity contribution is 9.10. The summed E-state index contributed by atoms with van der Waals surface area (Å²) < 4.78 is 12.6. The van der Waals surface area contributed by atoms with Gasteiger partial charge < -0.3 is 14.8 Å². The lowest BCUT2D eigenvalue weighted by molar-refractivity contribution is -0.00860. The van der Waals surface area contributed by atoms with Gasteiger partial charge in [-0.25, -0.2) is 0 Å². The Labute approximate surface area is 130 Å². The predicted molar refractivity (Wildman–Crippen MR) is 85.3 cm³/mol. The molecule has 1 heterocycles. The van der Waals surface area contributed by atoms with Gasteiger partial charge in [-0.15, -0.1) is 0 Å². The smallest absolute Gasteiger partial charge is 0.123 e. The van der Waals surface area contributed by atoms with Crippen LogP contribution in [0.2, 0.25) is 0 Å². The summed E-state index contributed by atoms with van der Waals surface area (Å²) in [4.78, 5) is 0. The normalized spacial score (nSPS) is 20.6.